The molecule has 1 aliphatic rings. The zero-order valence-corrected chi connectivity index (χ0v) is 17.4. The van der Waals surface area contributed by atoms with Crippen molar-refractivity contribution >= 4 is 29.4 Å². The standard InChI is InChI=1S/C22H17ClFN5O3/c23-17-12-26-29(16-8-9-28(13-16)22(31)32)19(17)21(30)27-20-18(24)10-15(11-25-20)7-6-14-4-2-1-3-5-14/h1-5,10-12,16H,8-9,13H2,(H,31,32)(H,25,27,30)/t16-/m0/s1. The summed E-state index contributed by atoms with van der Waals surface area (Å²) in [5.74, 6) is 4.01. The van der Waals surface area contributed by atoms with Crippen LogP contribution in [0, 0.1) is 17.7 Å². The van der Waals surface area contributed by atoms with Gasteiger partial charge in [0.1, 0.15) is 5.69 Å². The molecule has 8 nitrogen and oxygen atoms in total. The van der Waals surface area contributed by atoms with Crippen molar-refractivity contribution in [2.24, 2.45) is 0 Å². The number of likely N-dealkylation sites (tertiary alicyclic amines) is 1. The molecule has 1 aliphatic heterocycles. The lowest BCUT2D eigenvalue weighted by Crippen LogP contribution is -2.28. The van der Waals surface area contributed by atoms with Gasteiger partial charge >= 0.3 is 6.09 Å². The van der Waals surface area contributed by atoms with Crippen LogP contribution in [0.5, 0.6) is 0 Å². The first kappa shape index (κ1) is 21.3. The maximum atomic E-state index is 14.5. The zero-order valence-electron chi connectivity index (χ0n) is 16.6. The number of hydrogen-bond donors (Lipinski definition) is 2. The van der Waals surface area contributed by atoms with Crippen LogP contribution in [0.15, 0.2) is 48.8 Å². The van der Waals surface area contributed by atoms with Crippen molar-refractivity contribution in [1.29, 1.82) is 0 Å². The third-order valence-corrected chi connectivity index (χ3v) is 5.22. The molecule has 2 amide bonds. The summed E-state index contributed by atoms with van der Waals surface area (Å²) in [5.41, 5.74) is 1.15. The summed E-state index contributed by atoms with van der Waals surface area (Å²) in [6.07, 6.45) is 2.09. The molecule has 0 aliphatic carbocycles. The van der Waals surface area contributed by atoms with Crippen LogP contribution >= 0.6 is 11.6 Å². The van der Waals surface area contributed by atoms with Crippen molar-refractivity contribution in [3.05, 3.63) is 76.5 Å². The number of benzene rings is 1. The number of aromatic nitrogens is 3. The first-order valence-corrected chi connectivity index (χ1v) is 10.0. The van der Waals surface area contributed by atoms with Gasteiger partial charge in [-0.2, -0.15) is 5.10 Å². The number of hydrogen-bond acceptors (Lipinski definition) is 4. The van der Waals surface area contributed by atoms with Gasteiger partial charge in [0.15, 0.2) is 11.6 Å². The van der Waals surface area contributed by atoms with E-state index in [0.717, 1.165) is 5.56 Å². The van der Waals surface area contributed by atoms with Gasteiger partial charge in [-0.25, -0.2) is 14.2 Å². The van der Waals surface area contributed by atoms with Crippen molar-refractivity contribution in [2.45, 2.75) is 12.5 Å². The minimum atomic E-state index is -1.04. The molecule has 162 valence electrons. The summed E-state index contributed by atoms with van der Waals surface area (Å²) in [4.78, 5) is 29.2. The second-order valence-electron chi connectivity index (χ2n) is 7.08. The maximum Gasteiger partial charge on any atom is 0.407 e. The molecule has 4 rings (SSSR count). The molecule has 0 spiro atoms. The second kappa shape index (κ2) is 9.08. The van der Waals surface area contributed by atoms with E-state index in [4.69, 9.17) is 16.7 Å². The lowest BCUT2D eigenvalue weighted by Gasteiger charge is -2.15. The number of carboxylic acid groups (broad SMARTS) is 1. The quantitative estimate of drug-likeness (QED) is 0.590. The van der Waals surface area contributed by atoms with Crippen LogP contribution in [0.3, 0.4) is 0 Å². The average Bonchev–Trinajstić information content (AvgIpc) is 3.41. The number of carbonyl (C=O) groups is 2. The van der Waals surface area contributed by atoms with Crippen molar-refractivity contribution in [3.8, 4) is 11.8 Å². The van der Waals surface area contributed by atoms with E-state index < -0.39 is 17.8 Å². The predicted octanol–water partition coefficient (Wildman–Crippen LogP) is 3.65. The fourth-order valence-corrected chi connectivity index (χ4v) is 3.59. The van der Waals surface area contributed by atoms with Gasteiger partial charge in [-0.1, -0.05) is 41.6 Å². The van der Waals surface area contributed by atoms with Crippen LogP contribution < -0.4 is 5.32 Å². The van der Waals surface area contributed by atoms with E-state index in [1.165, 1.54) is 28.0 Å². The lowest BCUT2D eigenvalue weighted by atomic mass is 10.2. The summed E-state index contributed by atoms with van der Waals surface area (Å²) in [6, 6.07) is 10.1. The van der Waals surface area contributed by atoms with E-state index in [0.29, 0.717) is 18.5 Å². The normalized spacial score (nSPS) is 15.2. The number of nitrogens with zero attached hydrogens (tertiary/aromatic N) is 4. The third kappa shape index (κ3) is 4.55. The van der Waals surface area contributed by atoms with Crippen molar-refractivity contribution < 1.29 is 19.1 Å². The Bertz CT molecular complexity index is 1240. The van der Waals surface area contributed by atoms with E-state index in [-0.39, 0.29) is 29.1 Å². The highest BCUT2D eigenvalue weighted by atomic mass is 35.5. The number of nitrogens with one attached hydrogen (secondary N) is 1. The van der Waals surface area contributed by atoms with Gasteiger partial charge in [0.25, 0.3) is 5.91 Å². The molecule has 10 heteroatoms. The van der Waals surface area contributed by atoms with E-state index >= 15 is 0 Å². The Morgan fingerprint density at radius 3 is 2.62 bits per heavy atom. The minimum Gasteiger partial charge on any atom is -0.465 e. The first-order valence-electron chi connectivity index (χ1n) is 9.67. The summed E-state index contributed by atoms with van der Waals surface area (Å²) in [6.45, 7) is 0.495. The predicted molar refractivity (Wildman–Crippen MR) is 115 cm³/mol. The van der Waals surface area contributed by atoms with Crippen LogP contribution in [0.2, 0.25) is 5.02 Å². The average molecular weight is 454 g/mol. The van der Waals surface area contributed by atoms with Crippen molar-refractivity contribution in [1.82, 2.24) is 19.7 Å². The fraction of sp³-hybridized carbons (Fsp3) is 0.182. The Hall–Kier alpha value is -3.90. The second-order valence-corrected chi connectivity index (χ2v) is 7.49. The summed E-state index contributed by atoms with van der Waals surface area (Å²) >= 11 is 6.14. The van der Waals surface area contributed by atoms with Crippen molar-refractivity contribution in [3.63, 3.8) is 0 Å². The number of pyridine rings is 1. The summed E-state index contributed by atoms with van der Waals surface area (Å²) < 4.78 is 15.9. The third-order valence-electron chi connectivity index (χ3n) is 4.94. The molecule has 2 aromatic heterocycles. The van der Waals surface area contributed by atoms with Crippen LogP contribution in [0.25, 0.3) is 0 Å². The highest BCUT2D eigenvalue weighted by Crippen LogP contribution is 2.27. The number of carbonyl (C=O) groups excluding carboxylic acids is 1. The molecule has 0 unspecified atom stereocenters. The van der Waals surface area contributed by atoms with E-state index in [1.807, 2.05) is 30.3 Å². The molecule has 0 radical (unpaired) electrons. The van der Waals surface area contributed by atoms with E-state index in [1.54, 1.807) is 0 Å². The Balaban J connectivity index is 1.51. The molecule has 1 fully saturated rings. The molecule has 3 aromatic rings. The van der Waals surface area contributed by atoms with E-state index in [2.05, 4.69) is 27.2 Å². The molecule has 1 atom stereocenters. The molecule has 3 heterocycles. The van der Waals surface area contributed by atoms with Gasteiger partial charge in [0.2, 0.25) is 0 Å². The Morgan fingerprint density at radius 1 is 1.19 bits per heavy atom. The molecule has 0 saturated carbocycles. The van der Waals surface area contributed by atoms with Gasteiger partial charge < -0.3 is 15.3 Å². The molecule has 1 aromatic carbocycles. The Morgan fingerprint density at radius 2 is 1.94 bits per heavy atom. The summed E-state index contributed by atoms with van der Waals surface area (Å²) in [5, 5.41) is 15.7. The highest BCUT2D eigenvalue weighted by molar-refractivity contribution is 6.34. The lowest BCUT2D eigenvalue weighted by molar-refractivity contribution is 0.101. The van der Waals surface area contributed by atoms with Gasteiger partial charge in [0.05, 0.1) is 17.3 Å². The zero-order chi connectivity index (χ0) is 22.7. The largest absolute Gasteiger partial charge is 0.465 e. The fourth-order valence-electron chi connectivity index (χ4n) is 3.38. The number of amides is 2. The molecular formula is C22H17ClFN5O3. The van der Waals surface area contributed by atoms with Crippen LogP contribution in [0.4, 0.5) is 15.0 Å². The monoisotopic (exact) mass is 453 g/mol. The highest BCUT2D eigenvalue weighted by Gasteiger charge is 2.31. The number of anilines is 1. The molecule has 32 heavy (non-hydrogen) atoms. The van der Waals surface area contributed by atoms with Crippen LogP contribution in [0.1, 0.15) is 34.1 Å². The molecule has 1 saturated heterocycles. The van der Waals surface area contributed by atoms with Crippen LogP contribution in [-0.4, -0.2) is 49.9 Å². The smallest absolute Gasteiger partial charge is 0.407 e. The number of halogens is 2. The van der Waals surface area contributed by atoms with Gasteiger partial charge in [0, 0.05) is 30.4 Å². The minimum absolute atomic E-state index is 0.0121. The Kier molecular flexibility index (Phi) is 6.05. The number of rotatable bonds is 3. The summed E-state index contributed by atoms with van der Waals surface area (Å²) in [7, 11) is 0. The molecule has 0 bridgehead atoms. The van der Waals surface area contributed by atoms with Crippen molar-refractivity contribution in [2.75, 3.05) is 18.4 Å². The Labute approximate surface area is 187 Å². The van der Waals surface area contributed by atoms with Gasteiger partial charge in [-0.15, -0.1) is 0 Å². The first-order chi connectivity index (χ1) is 15.4. The molecular weight excluding hydrogens is 437 g/mol. The SMILES string of the molecule is O=C(Nc1ncc(C#Cc2ccccc2)cc1F)c1c(Cl)cnn1[C@H]1CCN(C(=O)O)C1. The van der Waals surface area contributed by atoms with Gasteiger partial charge in [-0.05, 0) is 24.6 Å². The van der Waals surface area contributed by atoms with E-state index in [9.17, 15) is 14.0 Å². The van der Waals surface area contributed by atoms with Gasteiger partial charge in [-0.3, -0.25) is 9.48 Å². The molecule has 2 N–H and O–H groups in total. The topological polar surface area (TPSA) is 100 Å². The van der Waals surface area contributed by atoms with Crippen LogP contribution in [-0.2, 0) is 0 Å². The maximum absolute atomic E-state index is 14.5.